The molecule has 2 aromatic carbocycles. The molecule has 6 aromatic rings. The lowest BCUT2D eigenvalue weighted by Crippen LogP contribution is -2.48. The highest BCUT2D eigenvalue weighted by atomic mass is 19.1. The van der Waals surface area contributed by atoms with Crippen LogP contribution in [0.15, 0.2) is 54.9 Å². The molecule has 3 atom stereocenters. The number of anilines is 2. The zero-order chi connectivity index (χ0) is 34.8. The average molecular weight is 690 g/mol. The van der Waals surface area contributed by atoms with Gasteiger partial charge >= 0.3 is 0 Å². The van der Waals surface area contributed by atoms with Crippen LogP contribution in [0.5, 0.6) is 5.75 Å². The number of fused-ring (bicyclic) bond motifs is 8. The van der Waals surface area contributed by atoms with E-state index in [1.54, 1.807) is 23.1 Å². The van der Waals surface area contributed by atoms with Crippen LogP contribution in [0.3, 0.4) is 0 Å². The standard InChI is InChI=1S/C36H36FN11O3/c1-20-40-33(26-16-39-48(34(26)41-20)29-9-8-22(37)14-31(29)50-3)47-17-23-15-30(47)35(49)45-12-5-13-51-24(18-45)19-46-21(2)42-28-7-4-6-25(32(28)46)27-10-11-38-36(43-23)44-27/h4,6-11,14,16,23-24,30H,5,12-13,15,17-19H2,1-3H3,(H,38,43,44)/t23-,24+,30-/m0/s1. The Bertz CT molecular complexity index is 2320. The van der Waals surface area contributed by atoms with Gasteiger partial charge in [-0.25, -0.2) is 34.0 Å². The summed E-state index contributed by atoms with van der Waals surface area (Å²) in [4.78, 5) is 42.9. The van der Waals surface area contributed by atoms with Gasteiger partial charge in [-0.1, -0.05) is 12.1 Å². The van der Waals surface area contributed by atoms with E-state index in [9.17, 15) is 9.18 Å². The highest BCUT2D eigenvalue weighted by molar-refractivity contribution is 5.94. The quantitative estimate of drug-likeness (QED) is 0.288. The highest BCUT2D eigenvalue weighted by Crippen LogP contribution is 2.36. The Morgan fingerprint density at radius 3 is 2.82 bits per heavy atom. The van der Waals surface area contributed by atoms with Crippen molar-refractivity contribution in [2.45, 2.75) is 51.4 Å². The second-order valence-electron chi connectivity index (χ2n) is 13.3. The molecule has 1 N–H and O–H groups in total. The van der Waals surface area contributed by atoms with Gasteiger partial charge in [0.1, 0.15) is 40.8 Å². The van der Waals surface area contributed by atoms with E-state index in [-0.39, 0.29) is 18.1 Å². The molecule has 0 saturated carbocycles. The monoisotopic (exact) mass is 689 g/mol. The number of aromatic nitrogens is 8. The molecule has 51 heavy (non-hydrogen) atoms. The van der Waals surface area contributed by atoms with Crippen LogP contribution in [-0.2, 0) is 16.1 Å². The molecular weight excluding hydrogens is 653 g/mol. The first-order valence-corrected chi connectivity index (χ1v) is 17.1. The summed E-state index contributed by atoms with van der Waals surface area (Å²) in [5.74, 6) is 2.34. The maximum Gasteiger partial charge on any atom is 0.245 e. The molecule has 3 aliphatic rings. The van der Waals surface area contributed by atoms with Gasteiger partial charge in [0.25, 0.3) is 0 Å². The fourth-order valence-corrected chi connectivity index (χ4v) is 7.74. The van der Waals surface area contributed by atoms with Crippen LogP contribution >= 0.6 is 0 Å². The van der Waals surface area contributed by atoms with Crippen LogP contribution in [0, 0.1) is 19.7 Å². The largest absolute Gasteiger partial charge is 0.494 e. The minimum atomic E-state index is -0.547. The average Bonchev–Trinajstić information content (AvgIpc) is 3.77. The summed E-state index contributed by atoms with van der Waals surface area (Å²) in [5.41, 5.74) is 4.65. The molecule has 7 heterocycles. The van der Waals surface area contributed by atoms with Crippen molar-refractivity contribution in [3.63, 3.8) is 0 Å². The van der Waals surface area contributed by atoms with Gasteiger partial charge in [0.05, 0.1) is 48.1 Å². The van der Waals surface area contributed by atoms with Gasteiger partial charge in [-0.15, -0.1) is 0 Å². The van der Waals surface area contributed by atoms with Gasteiger partial charge in [0.15, 0.2) is 5.65 Å². The Labute approximate surface area is 292 Å². The third-order valence-corrected chi connectivity index (χ3v) is 10.0. The summed E-state index contributed by atoms with van der Waals surface area (Å²) in [6.45, 7) is 6.38. The lowest BCUT2D eigenvalue weighted by molar-refractivity contribution is -0.133. The van der Waals surface area contributed by atoms with Gasteiger partial charge in [-0.2, -0.15) is 5.10 Å². The summed E-state index contributed by atoms with van der Waals surface area (Å²) in [7, 11) is 1.49. The molecule has 15 heteroatoms. The number of para-hydroxylation sites is 1. The zero-order valence-corrected chi connectivity index (χ0v) is 28.5. The first-order chi connectivity index (χ1) is 24.8. The number of nitrogens with one attached hydrogen (secondary N) is 1. The van der Waals surface area contributed by atoms with Crippen molar-refractivity contribution in [3.05, 3.63) is 72.3 Å². The number of methoxy groups -OCH3 is 1. The predicted octanol–water partition coefficient (Wildman–Crippen LogP) is 4.08. The minimum absolute atomic E-state index is 0.00394. The summed E-state index contributed by atoms with van der Waals surface area (Å²) >= 11 is 0. The number of carbonyl (C=O) groups excluding carboxylic acids is 1. The molecule has 9 rings (SSSR count). The first kappa shape index (κ1) is 31.3. The van der Waals surface area contributed by atoms with Gasteiger partial charge in [-0.05, 0) is 51.0 Å². The third-order valence-electron chi connectivity index (χ3n) is 10.0. The zero-order valence-electron chi connectivity index (χ0n) is 28.5. The lowest BCUT2D eigenvalue weighted by atomic mass is 10.1. The van der Waals surface area contributed by atoms with E-state index >= 15 is 0 Å². The summed E-state index contributed by atoms with van der Waals surface area (Å²) in [5, 5.41) is 8.85. The van der Waals surface area contributed by atoms with E-state index < -0.39 is 11.9 Å². The minimum Gasteiger partial charge on any atom is -0.494 e. The molecule has 14 nitrogen and oxygen atoms in total. The Morgan fingerprint density at radius 2 is 1.94 bits per heavy atom. The van der Waals surface area contributed by atoms with Crippen molar-refractivity contribution in [3.8, 4) is 22.7 Å². The molecule has 2 saturated heterocycles. The summed E-state index contributed by atoms with van der Waals surface area (Å²) in [6, 6.07) is 11.5. The van der Waals surface area contributed by atoms with Crippen LogP contribution in [0.1, 0.15) is 24.5 Å². The number of rotatable bonds is 3. The van der Waals surface area contributed by atoms with E-state index in [1.165, 1.54) is 19.2 Å². The number of halogens is 1. The summed E-state index contributed by atoms with van der Waals surface area (Å²) < 4.78 is 29.8. The van der Waals surface area contributed by atoms with Gasteiger partial charge < -0.3 is 29.2 Å². The van der Waals surface area contributed by atoms with E-state index in [0.29, 0.717) is 79.3 Å². The first-order valence-electron chi connectivity index (χ1n) is 17.1. The number of hydrogen-bond acceptors (Lipinski definition) is 11. The molecule has 3 aliphatic heterocycles. The Hall–Kier alpha value is -5.70. The highest BCUT2D eigenvalue weighted by Gasteiger charge is 2.42. The van der Waals surface area contributed by atoms with E-state index in [0.717, 1.165) is 34.5 Å². The van der Waals surface area contributed by atoms with Crippen LogP contribution in [-0.4, -0.2) is 102 Å². The Morgan fingerprint density at radius 1 is 1.04 bits per heavy atom. The number of aryl methyl sites for hydroxylation is 2. The molecule has 0 unspecified atom stereocenters. The number of amides is 1. The number of benzene rings is 2. The molecular formula is C36H36FN11O3. The molecule has 1 amide bonds. The third kappa shape index (κ3) is 5.39. The van der Waals surface area contributed by atoms with Gasteiger partial charge in [0.2, 0.25) is 11.9 Å². The Kier molecular flexibility index (Phi) is 7.52. The van der Waals surface area contributed by atoms with Crippen LogP contribution in [0.25, 0.3) is 39.0 Å². The van der Waals surface area contributed by atoms with Gasteiger partial charge in [0, 0.05) is 50.1 Å². The predicted molar refractivity (Wildman–Crippen MR) is 188 cm³/mol. The fourth-order valence-electron chi connectivity index (χ4n) is 7.74. The van der Waals surface area contributed by atoms with Crippen molar-refractivity contribution in [2.24, 2.45) is 0 Å². The topological polar surface area (TPSA) is 141 Å². The second-order valence-corrected chi connectivity index (χ2v) is 13.3. The normalized spacial score (nSPS) is 20.6. The van der Waals surface area contributed by atoms with Gasteiger partial charge in [-0.3, -0.25) is 4.79 Å². The van der Waals surface area contributed by atoms with E-state index in [2.05, 4.69) is 30.9 Å². The molecule has 4 aromatic heterocycles. The maximum absolute atomic E-state index is 14.8. The summed E-state index contributed by atoms with van der Waals surface area (Å²) in [6.07, 6.45) is 4.43. The van der Waals surface area contributed by atoms with Crippen LogP contribution in [0.4, 0.5) is 16.2 Å². The van der Waals surface area contributed by atoms with Crippen LogP contribution < -0.4 is 15.0 Å². The van der Waals surface area contributed by atoms with Crippen molar-refractivity contribution < 1.29 is 18.7 Å². The van der Waals surface area contributed by atoms with Crippen molar-refractivity contribution >= 4 is 39.7 Å². The molecule has 0 radical (unpaired) electrons. The van der Waals surface area contributed by atoms with E-state index in [4.69, 9.17) is 29.4 Å². The maximum atomic E-state index is 14.8. The molecule has 260 valence electrons. The number of ether oxygens (including phenoxy) is 2. The van der Waals surface area contributed by atoms with Crippen LogP contribution in [0.2, 0.25) is 0 Å². The molecule has 0 spiro atoms. The van der Waals surface area contributed by atoms with Crippen molar-refractivity contribution in [1.29, 1.82) is 0 Å². The molecule has 0 aliphatic carbocycles. The smallest absolute Gasteiger partial charge is 0.245 e. The number of carbonyl (C=O) groups is 1. The number of imidazole rings is 1. The van der Waals surface area contributed by atoms with E-state index in [1.807, 2.05) is 36.9 Å². The second kappa shape index (κ2) is 12.3. The lowest BCUT2D eigenvalue weighted by Gasteiger charge is -2.31. The van der Waals surface area contributed by atoms with Crippen molar-refractivity contribution in [1.82, 2.24) is 44.2 Å². The fraction of sp³-hybridized carbons (Fsp3) is 0.361. The van der Waals surface area contributed by atoms with Crippen molar-refractivity contribution in [2.75, 3.05) is 43.6 Å². The molecule has 2 fully saturated rings. The Balaban J connectivity index is 1.16. The molecule has 6 bridgehead atoms. The number of hydrogen-bond donors (Lipinski definition) is 1. The SMILES string of the molecule is COc1cc(F)ccc1-n1ncc2c(N3C[C@@H]4C[C@H]3C(=O)N3CCCO[C@H](C3)Cn3c(C)nc5cccc(c53)-c3ccnc(n3)N4)nc(C)nc21. The number of nitrogens with zero attached hydrogens (tertiary/aromatic N) is 10.